The third-order valence-corrected chi connectivity index (χ3v) is 5.73. The van der Waals surface area contributed by atoms with Crippen LogP contribution in [-0.2, 0) is 16.5 Å². The molecule has 158 valence electrons. The first-order valence-electron chi connectivity index (χ1n) is 9.36. The summed E-state index contributed by atoms with van der Waals surface area (Å²) in [6.45, 7) is 4.56. The fourth-order valence-electron chi connectivity index (χ4n) is 3.11. The van der Waals surface area contributed by atoms with E-state index in [1.165, 1.54) is 12.1 Å². The van der Waals surface area contributed by atoms with E-state index < -0.39 is 20.8 Å². The molecule has 7 nitrogen and oxygen atoms in total. The van der Waals surface area contributed by atoms with Crippen molar-refractivity contribution in [2.75, 3.05) is 17.6 Å². The van der Waals surface area contributed by atoms with Crippen molar-refractivity contribution in [2.24, 2.45) is 0 Å². The van der Waals surface area contributed by atoms with Crippen LogP contribution in [0.4, 0.5) is 16.2 Å². The van der Waals surface area contributed by atoms with E-state index in [4.69, 9.17) is 10.3 Å². The Morgan fingerprint density at radius 3 is 2.60 bits per heavy atom. The minimum atomic E-state index is -4.42. The van der Waals surface area contributed by atoms with Gasteiger partial charge in [-0.25, -0.2) is 9.37 Å². The van der Waals surface area contributed by atoms with Crippen LogP contribution in [0.2, 0.25) is 0 Å². The molecule has 0 aliphatic carbocycles. The molecule has 0 aliphatic rings. The number of rotatable bonds is 7. The van der Waals surface area contributed by atoms with Crippen LogP contribution < -0.4 is 11.1 Å². The van der Waals surface area contributed by atoms with Gasteiger partial charge in [-0.2, -0.15) is 13.4 Å². The zero-order valence-electron chi connectivity index (χ0n) is 16.7. The zero-order valence-corrected chi connectivity index (χ0v) is 17.5. The lowest BCUT2D eigenvalue weighted by molar-refractivity contribution is 0.481. The van der Waals surface area contributed by atoms with Gasteiger partial charge in [-0.1, -0.05) is 24.3 Å². The second-order valence-electron chi connectivity index (χ2n) is 7.00. The van der Waals surface area contributed by atoms with E-state index in [2.05, 4.69) is 15.3 Å². The van der Waals surface area contributed by atoms with Crippen molar-refractivity contribution < 1.29 is 17.4 Å². The SMILES string of the molecule is Cc1cccc(-c2cc(NCCCc3ccc(S(=O)(=O)O)cc3F)nc(N)n2)c1C. The molecule has 0 atom stereocenters. The van der Waals surface area contributed by atoms with E-state index in [9.17, 15) is 12.8 Å². The summed E-state index contributed by atoms with van der Waals surface area (Å²) in [4.78, 5) is 8.07. The fourth-order valence-corrected chi connectivity index (χ4v) is 3.60. The molecule has 30 heavy (non-hydrogen) atoms. The maximum absolute atomic E-state index is 14.1. The van der Waals surface area contributed by atoms with Crippen LogP contribution >= 0.6 is 0 Å². The molecule has 0 radical (unpaired) electrons. The highest BCUT2D eigenvalue weighted by molar-refractivity contribution is 7.85. The second-order valence-corrected chi connectivity index (χ2v) is 8.42. The summed E-state index contributed by atoms with van der Waals surface area (Å²) in [5, 5.41) is 3.17. The third-order valence-electron chi connectivity index (χ3n) is 4.88. The van der Waals surface area contributed by atoms with Crippen LogP contribution in [0.25, 0.3) is 11.3 Å². The summed E-state index contributed by atoms with van der Waals surface area (Å²) < 4.78 is 45.2. The Kier molecular flexibility index (Phi) is 6.33. The van der Waals surface area contributed by atoms with Gasteiger partial charge in [0.05, 0.1) is 10.6 Å². The molecule has 0 fully saturated rings. The van der Waals surface area contributed by atoms with Gasteiger partial charge in [0.2, 0.25) is 5.95 Å². The summed E-state index contributed by atoms with van der Waals surface area (Å²) in [6, 6.07) is 11.2. The highest BCUT2D eigenvalue weighted by atomic mass is 32.2. The molecule has 0 bridgehead atoms. The van der Waals surface area contributed by atoms with Gasteiger partial charge in [-0.05, 0) is 55.5 Å². The molecule has 0 amide bonds. The van der Waals surface area contributed by atoms with Crippen molar-refractivity contribution in [3.8, 4) is 11.3 Å². The molecule has 1 heterocycles. The highest BCUT2D eigenvalue weighted by Crippen LogP contribution is 2.26. The van der Waals surface area contributed by atoms with Crippen molar-refractivity contribution in [3.63, 3.8) is 0 Å². The van der Waals surface area contributed by atoms with E-state index in [1.54, 1.807) is 0 Å². The molecule has 0 saturated heterocycles. The Hall–Kier alpha value is -3.04. The first kappa shape index (κ1) is 21.7. The standard InChI is InChI=1S/C21H23FN4O3S/c1-13-5-3-7-17(14(13)2)19-12-20(26-21(23)25-19)24-10-4-6-15-8-9-16(11-18(15)22)30(27,28)29/h3,5,7-9,11-12H,4,6,10H2,1-2H3,(H,27,28,29)(H3,23,24,25,26). The van der Waals surface area contributed by atoms with Gasteiger partial charge in [0, 0.05) is 18.2 Å². The molecule has 0 aliphatic heterocycles. The maximum Gasteiger partial charge on any atom is 0.294 e. The smallest absolute Gasteiger partial charge is 0.294 e. The second kappa shape index (κ2) is 8.76. The molecule has 0 saturated carbocycles. The Bertz CT molecular complexity index is 1180. The molecule has 2 aromatic carbocycles. The molecule has 0 unspecified atom stereocenters. The number of aromatic nitrogens is 2. The largest absolute Gasteiger partial charge is 0.370 e. The first-order chi connectivity index (χ1) is 14.1. The minimum Gasteiger partial charge on any atom is -0.370 e. The third kappa shape index (κ3) is 5.11. The summed E-state index contributed by atoms with van der Waals surface area (Å²) in [5.41, 5.74) is 10.2. The van der Waals surface area contributed by atoms with Gasteiger partial charge in [0.15, 0.2) is 0 Å². The molecule has 3 rings (SSSR count). The van der Waals surface area contributed by atoms with Crippen molar-refractivity contribution in [1.82, 2.24) is 9.97 Å². The summed E-state index contributed by atoms with van der Waals surface area (Å²) in [7, 11) is -4.42. The lowest BCUT2D eigenvalue weighted by Crippen LogP contribution is -2.08. The topological polar surface area (TPSA) is 118 Å². The zero-order chi connectivity index (χ0) is 21.9. The van der Waals surface area contributed by atoms with Crippen molar-refractivity contribution in [2.45, 2.75) is 31.6 Å². The van der Waals surface area contributed by atoms with E-state index in [0.717, 1.165) is 28.5 Å². The van der Waals surface area contributed by atoms with Crippen LogP contribution in [0.15, 0.2) is 47.4 Å². The normalized spacial score (nSPS) is 11.5. The number of nitrogens with two attached hydrogens (primary N) is 1. The lowest BCUT2D eigenvalue weighted by atomic mass is 10.0. The number of aryl methyl sites for hydroxylation is 2. The number of benzene rings is 2. The first-order valence-corrected chi connectivity index (χ1v) is 10.8. The van der Waals surface area contributed by atoms with Crippen molar-refractivity contribution in [3.05, 3.63) is 65.0 Å². The van der Waals surface area contributed by atoms with Crippen LogP contribution in [0.3, 0.4) is 0 Å². The van der Waals surface area contributed by atoms with Crippen molar-refractivity contribution >= 4 is 21.9 Å². The predicted molar refractivity (Wildman–Crippen MR) is 114 cm³/mol. The van der Waals surface area contributed by atoms with Gasteiger partial charge in [-0.15, -0.1) is 0 Å². The number of hydrogen-bond acceptors (Lipinski definition) is 6. The van der Waals surface area contributed by atoms with Crippen LogP contribution in [-0.4, -0.2) is 29.5 Å². The van der Waals surface area contributed by atoms with Crippen LogP contribution in [0, 0.1) is 19.7 Å². The van der Waals surface area contributed by atoms with Crippen LogP contribution in [0.5, 0.6) is 0 Å². The average Bonchev–Trinajstić information content (AvgIpc) is 2.67. The van der Waals surface area contributed by atoms with E-state index in [0.29, 0.717) is 30.8 Å². The maximum atomic E-state index is 14.1. The lowest BCUT2D eigenvalue weighted by Gasteiger charge is -2.11. The molecule has 9 heteroatoms. The Labute approximate surface area is 174 Å². The average molecular weight is 431 g/mol. The molecule has 4 N–H and O–H groups in total. The monoisotopic (exact) mass is 430 g/mol. The number of anilines is 2. The number of halogens is 1. The number of hydrogen-bond donors (Lipinski definition) is 3. The summed E-state index contributed by atoms with van der Waals surface area (Å²) in [6.07, 6.45) is 0.958. The Morgan fingerprint density at radius 2 is 1.90 bits per heavy atom. The fraction of sp³-hybridized carbons (Fsp3) is 0.238. The van der Waals surface area contributed by atoms with E-state index in [-0.39, 0.29) is 5.95 Å². The Morgan fingerprint density at radius 1 is 1.13 bits per heavy atom. The molecular formula is C21H23FN4O3S. The quantitative estimate of drug-likeness (QED) is 0.386. The van der Waals surface area contributed by atoms with Gasteiger partial charge in [0.25, 0.3) is 10.1 Å². The number of nitrogen functional groups attached to an aromatic ring is 1. The summed E-state index contributed by atoms with van der Waals surface area (Å²) in [5.74, 6) is 0.0527. The molecular weight excluding hydrogens is 407 g/mol. The van der Waals surface area contributed by atoms with Gasteiger partial charge >= 0.3 is 0 Å². The Balaban J connectivity index is 1.66. The van der Waals surface area contributed by atoms with Gasteiger partial charge in [-0.3, -0.25) is 4.55 Å². The molecule has 0 spiro atoms. The predicted octanol–water partition coefficient (Wildman–Crippen LogP) is 3.77. The van der Waals surface area contributed by atoms with Gasteiger partial charge < -0.3 is 11.1 Å². The minimum absolute atomic E-state index is 0.155. The number of nitrogens with one attached hydrogen (secondary N) is 1. The van der Waals surface area contributed by atoms with Gasteiger partial charge in [0.1, 0.15) is 11.6 Å². The molecule has 3 aromatic rings. The number of nitrogens with zero attached hydrogens (tertiary/aromatic N) is 2. The highest BCUT2D eigenvalue weighted by Gasteiger charge is 2.13. The van der Waals surface area contributed by atoms with Crippen LogP contribution in [0.1, 0.15) is 23.1 Å². The van der Waals surface area contributed by atoms with Crippen molar-refractivity contribution in [1.29, 1.82) is 0 Å². The molecule has 1 aromatic heterocycles. The van der Waals surface area contributed by atoms with E-state index >= 15 is 0 Å². The van der Waals surface area contributed by atoms with E-state index in [1.807, 2.05) is 38.1 Å². The summed E-state index contributed by atoms with van der Waals surface area (Å²) >= 11 is 0.